The summed E-state index contributed by atoms with van der Waals surface area (Å²) in [6, 6.07) is 10.0. The molecule has 1 heterocycles. The van der Waals surface area contributed by atoms with Gasteiger partial charge in [0, 0.05) is 12.4 Å². The summed E-state index contributed by atoms with van der Waals surface area (Å²) in [7, 11) is 0. The van der Waals surface area contributed by atoms with E-state index in [2.05, 4.69) is 9.97 Å². The van der Waals surface area contributed by atoms with Crippen LogP contribution in [0.2, 0.25) is 0 Å². The van der Waals surface area contributed by atoms with Crippen LogP contribution in [0.25, 0.3) is 0 Å². The van der Waals surface area contributed by atoms with E-state index in [4.69, 9.17) is 5.11 Å². The van der Waals surface area contributed by atoms with Crippen molar-refractivity contribution in [1.29, 1.82) is 0 Å². The molecule has 20 heavy (non-hydrogen) atoms. The van der Waals surface area contributed by atoms with Crippen molar-refractivity contribution in [3.05, 3.63) is 59.7 Å². The maximum atomic E-state index is 11.0. The highest BCUT2D eigenvalue weighted by Gasteiger charge is 2.13. The molecular weight excluding hydrogens is 256 g/mol. The van der Waals surface area contributed by atoms with Gasteiger partial charge in [-0.15, -0.1) is 0 Å². The third-order valence-corrected chi connectivity index (χ3v) is 2.85. The van der Waals surface area contributed by atoms with Crippen LogP contribution in [-0.2, 0) is 28.9 Å². The number of aromatic nitrogens is 2. The van der Waals surface area contributed by atoms with Gasteiger partial charge in [0.1, 0.15) is 0 Å². The number of aryl methyl sites for hydroxylation is 2. The second-order valence-electron chi connectivity index (χ2n) is 4.39. The van der Waals surface area contributed by atoms with Crippen LogP contribution >= 0.6 is 0 Å². The van der Waals surface area contributed by atoms with Crippen LogP contribution in [-0.4, -0.2) is 26.8 Å². The number of rotatable bonds is 6. The zero-order valence-electron chi connectivity index (χ0n) is 10.8. The molecule has 5 heteroatoms. The summed E-state index contributed by atoms with van der Waals surface area (Å²) in [5, 5.41) is 8.51. The minimum Gasteiger partial charge on any atom is -0.475 e. The highest BCUT2D eigenvalue weighted by molar-refractivity contribution is 6.33. The Morgan fingerprint density at radius 2 is 1.60 bits per heavy atom. The molecule has 0 unspecified atom stereocenters. The average Bonchev–Trinajstić information content (AvgIpc) is 2.47. The first kappa shape index (κ1) is 13.9. The van der Waals surface area contributed by atoms with Crippen LogP contribution in [0, 0.1) is 0 Å². The van der Waals surface area contributed by atoms with Gasteiger partial charge in [-0.3, -0.25) is 14.8 Å². The van der Waals surface area contributed by atoms with Gasteiger partial charge in [-0.2, -0.15) is 0 Å². The monoisotopic (exact) mass is 270 g/mol. The Balaban J connectivity index is 1.91. The topological polar surface area (TPSA) is 80.1 Å². The number of carboxylic acid groups (broad SMARTS) is 1. The highest BCUT2D eigenvalue weighted by atomic mass is 16.4. The Morgan fingerprint density at radius 3 is 2.20 bits per heavy atom. The minimum atomic E-state index is -1.44. The van der Waals surface area contributed by atoms with E-state index in [1.54, 1.807) is 6.20 Å². The number of hydrogen-bond acceptors (Lipinski definition) is 4. The summed E-state index contributed by atoms with van der Waals surface area (Å²) in [6.07, 6.45) is 4.45. The van der Waals surface area contributed by atoms with Crippen molar-refractivity contribution >= 4 is 11.8 Å². The van der Waals surface area contributed by atoms with E-state index in [9.17, 15) is 9.59 Å². The number of aliphatic carboxylic acids is 1. The van der Waals surface area contributed by atoms with Crippen LogP contribution in [0.5, 0.6) is 0 Å². The molecule has 0 amide bonds. The molecule has 0 aliphatic heterocycles. The first-order valence-corrected chi connectivity index (χ1v) is 6.25. The molecule has 2 aromatic rings. The van der Waals surface area contributed by atoms with E-state index in [0.717, 1.165) is 18.5 Å². The van der Waals surface area contributed by atoms with Gasteiger partial charge in [0.2, 0.25) is 5.78 Å². The molecule has 0 atom stereocenters. The van der Waals surface area contributed by atoms with Crippen molar-refractivity contribution in [2.45, 2.75) is 19.3 Å². The molecule has 0 bridgehead atoms. The van der Waals surface area contributed by atoms with E-state index >= 15 is 0 Å². The largest absolute Gasteiger partial charge is 0.475 e. The molecular formula is C15H14N2O3. The zero-order chi connectivity index (χ0) is 14.4. The molecule has 0 spiro atoms. The van der Waals surface area contributed by atoms with Gasteiger partial charge in [-0.1, -0.05) is 30.3 Å². The zero-order valence-corrected chi connectivity index (χ0v) is 10.8. The number of carboxylic acids is 1. The molecule has 0 saturated heterocycles. The van der Waals surface area contributed by atoms with Gasteiger partial charge < -0.3 is 5.11 Å². The predicted octanol–water partition coefficient (Wildman–Crippen LogP) is 1.46. The maximum absolute atomic E-state index is 11.0. The van der Waals surface area contributed by atoms with Gasteiger partial charge in [-0.25, -0.2) is 4.79 Å². The molecule has 1 aromatic carbocycles. The second-order valence-corrected chi connectivity index (χ2v) is 4.39. The molecule has 1 aromatic heterocycles. The van der Waals surface area contributed by atoms with Crippen LogP contribution in [0.3, 0.4) is 0 Å². The standard InChI is InChI=1S/C15H14N2O3/c18-14(15(19)20)8-13-10-16-12(9-17-13)7-6-11-4-2-1-3-5-11/h1-5,9-10H,6-8H2,(H,19,20). The summed E-state index contributed by atoms with van der Waals surface area (Å²) in [5.41, 5.74) is 2.42. The quantitative estimate of drug-likeness (QED) is 0.804. The Bertz CT molecular complexity index is 594. The SMILES string of the molecule is O=C(O)C(=O)Cc1cnc(CCc2ccccc2)cn1. The summed E-state index contributed by atoms with van der Waals surface area (Å²) in [4.78, 5) is 29.7. The van der Waals surface area contributed by atoms with Crippen LogP contribution in [0.4, 0.5) is 0 Å². The van der Waals surface area contributed by atoms with Gasteiger partial charge in [-0.05, 0) is 18.4 Å². The number of carbonyl (C=O) groups is 2. The van der Waals surface area contributed by atoms with Gasteiger partial charge in [0.05, 0.1) is 17.8 Å². The van der Waals surface area contributed by atoms with E-state index in [-0.39, 0.29) is 6.42 Å². The third kappa shape index (κ3) is 3.98. The van der Waals surface area contributed by atoms with Crippen molar-refractivity contribution in [3.63, 3.8) is 0 Å². The van der Waals surface area contributed by atoms with Gasteiger partial charge in [0.15, 0.2) is 0 Å². The number of hydrogen-bond donors (Lipinski definition) is 1. The van der Waals surface area contributed by atoms with Crippen molar-refractivity contribution in [3.8, 4) is 0 Å². The molecule has 0 saturated carbocycles. The third-order valence-electron chi connectivity index (χ3n) is 2.85. The smallest absolute Gasteiger partial charge is 0.372 e. The Kier molecular flexibility index (Phi) is 4.55. The molecule has 0 fully saturated rings. The van der Waals surface area contributed by atoms with Gasteiger partial charge >= 0.3 is 5.97 Å². The summed E-state index contributed by atoms with van der Waals surface area (Å²) < 4.78 is 0. The van der Waals surface area contributed by atoms with Crippen molar-refractivity contribution < 1.29 is 14.7 Å². The summed E-state index contributed by atoms with van der Waals surface area (Å²) in [5.74, 6) is -2.32. The maximum Gasteiger partial charge on any atom is 0.372 e. The van der Waals surface area contributed by atoms with Crippen molar-refractivity contribution in [2.75, 3.05) is 0 Å². The first-order valence-electron chi connectivity index (χ1n) is 6.25. The van der Waals surface area contributed by atoms with Gasteiger partial charge in [0.25, 0.3) is 0 Å². The lowest BCUT2D eigenvalue weighted by atomic mass is 10.1. The lowest BCUT2D eigenvalue weighted by Gasteiger charge is -2.02. The summed E-state index contributed by atoms with van der Waals surface area (Å²) >= 11 is 0. The number of nitrogens with zero attached hydrogens (tertiary/aromatic N) is 2. The number of benzene rings is 1. The Morgan fingerprint density at radius 1 is 0.950 bits per heavy atom. The van der Waals surface area contributed by atoms with Crippen LogP contribution in [0.1, 0.15) is 17.0 Å². The average molecular weight is 270 g/mol. The highest BCUT2D eigenvalue weighted by Crippen LogP contribution is 2.05. The second kappa shape index (κ2) is 6.56. The molecule has 102 valence electrons. The normalized spacial score (nSPS) is 10.2. The first-order chi connectivity index (χ1) is 9.65. The molecule has 2 rings (SSSR count). The molecule has 1 N–H and O–H groups in total. The molecule has 0 radical (unpaired) electrons. The van der Waals surface area contributed by atoms with E-state index in [1.165, 1.54) is 11.8 Å². The minimum absolute atomic E-state index is 0.221. The summed E-state index contributed by atoms with van der Waals surface area (Å²) in [6.45, 7) is 0. The number of ketones is 1. The van der Waals surface area contributed by atoms with E-state index < -0.39 is 11.8 Å². The lowest BCUT2D eigenvalue weighted by molar-refractivity contribution is -0.148. The van der Waals surface area contributed by atoms with Crippen molar-refractivity contribution in [2.24, 2.45) is 0 Å². The predicted molar refractivity (Wildman–Crippen MR) is 72.2 cm³/mol. The van der Waals surface area contributed by atoms with Crippen LogP contribution < -0.4 is 0 Å². The molecule has 0 aliphatic rings. The van der Waals surface area contributed by atoms with Crippen LogP contribution in [0.15, 0.2) is 42.7 Å². The van der Waals surface area contributed by atoms with Crippen molar-refractivity contribution in [1.82, 2.24) is 9.97 Å². The fourth-order valence-electron chi connectivity index (χ4n) is 1.76. The Labute approximate surface area is 116 Å². The van der Waals surface area contributed by atoms with E-state index in [1.807, 2.05) is 30.3 Å². The molecule has 5 nitrogen and oxygen atoms in total. The lowest BCUT2D eigenvalue weighted by Crippen LogP contribution is -2.16. The molecule has 0 aliphatic carbocycles. The Hall–Kier alpha value is -2.56. The fraction of sp³-hybridized carbons (Fsp3) is 0.200. The number of carbonyl (C=O) groups excluding carboxylic acids is 1. The fourth-order valence-corrected chi connectivity index (χ4v) is 1.76. The number of Topliss-reactive ketones (excluding diaryl/α,β-unsaturated/α-hetero) is 1. The van der Waals surface area contributed by atoms with E-state index in [0.29, 0.717) is 5.69 Å².